The molecule has 0 aliphatic carbocycles. The number of thiazole rings is 1. The normalized spacial score (nSPS) is 10.9. The second kappa shape index (κ2) is 6.21. The fourth-order valence-corrected chi connectivity index (χ4v) is 2.63. The average molecular weight is 329 g/mol. The van der Waals surface area contributed by atoms with Crippen LogP contribution in [0.3, 0.4) is 0 Å². The maximum atomic E-state index is 11.8. The van der Waals surface area contributed by atoms with E-state index in [0.717, 1.165) is 11.3 Å². The molecule has 0 saturated carbocycles. The first-order valence-electron chi connectivity index (χ1n) is 5.48. The van der Waals surface area contributed by atoms with Crippen molar-refractivity contribution in [3.63, 3.8) is 0 Å². The summed E-state index contributed by atoms with van der Waals surface area (Å²) in [5.74, 6) is -0.363. The molecule has 0 aliphatic rings. The zero-order valence-electron chi connectivity index (χ0n) is 10.4. The van der Waals surface area contributed by atoms with Crippen LogP contribution in [0.5, 0.6) is 0 Å². The number of anilines is 1. The summed E-state index contributed by atoms with van der Waals surface area (Å²) in [7, 11) is 0. The van der Waals surface area contributed by atoms with E-state index < -0.39 is 0 Å². The van der Waals surface area contributed by atoms with E-state index in [4.69, 9.17) is 28.9 Å². The largest absolute Gasteiger partial charge is 0.375 e. The van der Waals surface area contributed by atoms with Crippen LogP contribution in [0.2, 0.25) is 10.0 Å². The number of aromatic nitrogens is 1. The average Bonchev–Trinajstić information content (AvgIpc) is 2.71. The Morgan fingerprint density at radius 3 is 2.85 bits per heavy atom. The number of amides is 1. The quantitative estimate of drug-likeness (QED) is 0.671. The summed E-state index contributed by atoms with van der Waals surface area (Å²) in [4.78, 5) is 16.2. The fraction of sp³-hybridized carbons (Fsp3) is 0.0833. The number of halogens is 2. The smallest absolute Gasteiger partial charge is 0.283 e. The number of hydrogen-bond acceptors (Lipinski definition) is 5. The van der Waals surface area contributed by atoms with Crippen LogP contribution in [-0.2, 0) is 0 Å². The lowest BCUT2D eigenvalue weighted by atomic mass is 10.2. The number of nitrogens with zero attached hydrogens (tertiary/aromatic N) is 2. The molecule has 104 valence electrons. The molecule has 0 atom stereocenters. The predicted octanol–water partition coefficient (Wildman–Crippen LogP) is 3.10. The van der Waals surface area contributed by atoms with Gasteiger partial charge in [-0.3, -0.25) is 4.79 Å². The molecule has 3 N–H and O–H groups in total. The van der Waals surface area contributed by atoms with Crippen molar-refractivity contribution in [2.24, 2.45) is 5.10 Å². The summed E-state index contributed by atoms with van der Waals surface area (Å²) < 4.78 is 0. The highest BCUT2D eigenvalue weighted by Crippen LogP contribution is 2.20. The van der Waals surface area contributed by atoms with Crippen molar-refractivity contribution in [1.29, 1.82) is 0 Å². The van der Waals surface area contributed by atoms with Crippen molar-refractivity contribution < 1.29 is 4.79 Å². The molecular formula is C12H10Cl2N4OS. The van der Waals surface area contributed by atoms with Gasteiger partial charge in [-0.05, 0) is 19.1 Å². The Balaban J connectivity index is 2.06. The molecule has 0 radical (unpaired) electrons. The Hall–Kier alpha value is -1.63. The molecule has 1 heterocycles. The minimum atomic E-state index is -0.363. The van der Waals surface area contributed by atoms with Gasteiger partial charge in [-0.2, -0.15) is 5.10 Å². The van der Waals surface area contributed by atoms with Gasteiger partial charge in [0.25, 0.3) is 5.91 Å². The molecule has 2 rings (SSSR count). The van der Waals surface area contributed by atoms with E-state index in [1.807, 2.05) is 0 Å². The summed E-state index contributed by atoms with van der Waals surface area (Å²) in [6.07, 6.45) is 1.44. The number of carbonyl (C=O) groups is 1. The number of aryl methyl sites for hydroxylation is 1. The molecule has 1 aromatic carbocycles. The van der Waals surface area contributed by atoms with Crippen LogP contribution in [0.25, 0.3) is 0 Å². The van der Waals surface area contributed by atoms with Crippen molar-refractivity contribution >= 4 is 51.8 Å². The maximum absolute atomic E-state index is 11.8. The molecule has 0 saturated heterocycles. The van der Waals surface area contributed by atoms with Crippen LogP contribution < -0.4 is 11.2 Å². The van der Waals surface area contributed by atoms with E-state index in [-0.39, 0.29) is 5.91 Å². The number of hydrogen-bond donors (Lipinski definition) is 2. The molecular weight excluding hydrogens is 319 g/mol. The zero-order chi connectivity index (χ0) is 14.7. The summed E-state index contributed by atoms with van der Waals surface area (Å²) >= 11 is 12.9. The van der Waals surface area contributed by atoms with Gasteiger partial charge in [-0.1, -0.05) is 40.6 Å². The van der Waals surface area contributed by atoms with Crippen LogP contribution in [0.15, 0.2) is 23.3 Å². The van der Waals surface area contributed by atoms with E-state index in [9.17, 15) is 4.79 Å². The van der Waals surface area contributed by atoms with E-state index in [1.165, 1.54) is 6.21 Å². The second-order valence-electron chi connectivity index (χ2n) is 3.83. The fourth-order valence-electron chi connectivity index (χ4n) is 1.45. The first kappa shape index (κ1) is 14.8. The number of hydrazone groups is 1. The molecule has 5 nitrogen and oxygen atoms in total. The van der Waals surface area contributed by atoms with Gasteiger partial charge in [0.2, 0.25) is 0 Å². The third-order valence-corrected chi connectivity index (χ3v) is 3.90. The Morgan fingerprint density at radius 1 is 1.50 bits per heavy atom. The van der Waals surface area contributed by atoms with Crippen LogP contribution >= 0.6 is 34.5 Å². The maximum Gasteiger partial charge on any atom is 0.283 e. The molecule has 0 fully saturated rings. The van der Waals surface area contributed by atoms with E-state index in [1.54, 1.807) is 25.1 Å². The van der Waals surface area contributed by atoms with E-state index in [2.05, 4.69) is 15.5 Å². The first-order valence-corrected chi connectivity index (χ1v) is 7.06. The van der Waals surface area contributed by atoms with Gasteiger partial charge >= 0.3 is 0 Å². The minimum absolute atomic E-state index is 0.345. The van der Waals surface area contributed by atoms with Crippen molar-refractivity contribution in [2.75, 3.05) is 5.73 Å². The van der Waals surface area contributed by atoms with Crippen molar-refractivity contribution in [3.05, 3.63) is 44.4 Å². The molecule has 0 unspecified atom stereocenters. The molecule has 2 aromatic rings. The van der Waals surface area contributed by atoms with Crippen LogP contribution in [-0.4, -0.2) is 17.1 Å². The van der Waals surface area contributed by atoms with Crippen LogP contribution in [0.4, 0.5) is 5.13 Å². The Morgan fingerprint density at radius 2 is 2.25 bits per heavy atom. The number of nitrogens with one attached hydrogen (secondary N) is 1. The van der Waals surface area contributed by atoms with Gasteiger partial charge in [0, 0.05) is 10.6 Å². The topological polar surface area (TPSA) is 80.4 Å². The van der Waals surface area contributed by atoms with E-state index >= 15 is 0 Å². The molecule has 1 aromatic heterocycles. The molecule has 0 bridgehead atoms. The number of rotatable bonds is 3. The molecule has 1 amide bonds. The minimum Gasteiger partial charge on any atom is -0.375 e. The molecule has 20 heavy (non-hydrogen) atoms. The third kappa shape index (κ3) is 3.47. The predicted molar refractivity (Wildman–Crippen MR) is 82.8 cm³/mol. The molecule has 0 spiro atoms. The lowest BCUT2D eigenvalue weighted by Crippen LogP contribution is -2.17. The Bertz CT molecular complexity index is 684. The van der Waals surface area contributed by atoms with Crippen molar-refractivity contribution in [1.82, 2.24) is 10.4 Å². The van der Waals surface area contributed by atoms with Gasteiger partial charge in [0.15, 0.2) is 5.13 Å². The standard InChI is InChI=1S/C12H10Cl2N4OS/c1-6-10(20-12(15)17-6)11(19)18-16-5-7-2-3-8(13)4-9(7)14/h2-5H,1H3,(H2,15,17)(H,18,19)/b16-5+. The highest BCUT2D eigenvalue weighted by molar-refractivity contribution is 7.17. The van der Waals surface area contributed by atoms with Gasteiger partial charge in [0.05, 0.1) is 16.9 Å². The summed E-state index contributed by atoms with van der Waals surface area (Å²) in [6, 6.07) is 4.99. The SMILES string of the molecule is Cc1nc(N)sc1C(=O)N/N=C/c1ccc(Cl)cc1Cl. The number of carbonyl (C=O) groups excluding carboxylic acids is 1. The number of nitrogen functional groups attached to an aromatic ring is 1. The lowest BCUT2D eigenvalue weighted by Gasteiger charge is -1.99. The van der Waals surface area contributed by atoms with Gasteiger partial charge < -0.3 is 5.73 Å². The van der Waals surface area contributed by atoms with Gasteiger partial charge in [-0.15, -0.1) is 0 Å². The third-order valence-electron chi connectivity index (χ3n) is 2.35. The zero-order valence-corrected chi connectivity index (χ0v) is 12.7. The lowest BCUT2D eigenvalue weighted by molar-refractivity contribution is 0.0958. The summed E-state index contributed by atoms with van der Waals surface area (Å²) in [6.45, 7) is 1.71. The van der Waals surface area contributed by atoms with Gasteiger partial charge in [-0.25, -0.2) is 10.4 Å². The first-order chi connectivity index (χ1) is 9.47. The molecule has 0 aliphatic heterocycles. The van der Waals surface area contributed by atoms with E-state index in [0.29, 0.717) is 31.3 Å². The highest BCUT2D eigenvalue weighted by atomic mass is 35.5. The van der Waals surface area contributed by atoms with Crippen molar-refractivity contribution in [3.8, 4) is 0 Å². The second-order valence-corrected chi connectivity index (χ2v) is 5.71. The number of nitrogens with two attached hydrogens (primary N) is 1. The van der Waals surface area contributed by atoms with Crippen LogP contribution in [0.1, 0.15) is 20.9 Å². The highest BCUT2D eigenvalue weighted by Gasteiger charge is 2.13. The monoisotopic (exact) mass is 328 g/mol. The Kier molecular flexibility index (Phi) is 4.59. The molecule has 8 heteroatoms. The van der Waals surface area contributed by atoms with Crippen molar-refractivity contribution in [2.45, 2.75) is 6.92 Å². The Labute approximate surface area is 129 Å². The van der Waals surface area contributed by atoms with Crippen LogP contribution in [0, 0.1) is 6.92 Å². The van der Waals surface area contributed by atoms with Gasteiger partial charge in [0.1, 0.15) is 4.88 Å². The number of benzene rings is 1. The summed E-state index contributed by atoms with van der Waals surface area (Å²) in [5.41, 5.74) is 9.15. The summed E-state index contributed by atoms with van der Waals surface area (Å²) in [5, 5.41) is 5.18.